The molecule has 0 spiro atoms. The van der Waals surface area contributed by atoms with Crippen molar-refractivity contribution in [3.05, 3.63) is 24.0 Å². The highest BCUT2D eigenvalue weighted by Crippen LogP contribution is 2.13. The van der Waals surface area contributed by atoms with E-state index >= 15 is 0 Å². The van der Waals surface area contributed by atoms with E-state index in [2.05, 4.69) is 4.98 Å². The Kier molecular flexibility index (Phi) is 3.55. The lowest BCUT2D eigenvalue weighted by molar-refractivity contribution is -0.0448. The van der Waals surface area contributed by atoms with Gasteiger partial charge in [0.2, 0.25) is 0 Å². The van der Waals surface area contributed by atoms with Crippen molar-refractivity contribution in [2.45, 2.75) is 6.10 Å². The fourth-order valence-corrected chi connectivity index (χ4v) is 1.76. The highest BCUT2D eigenvalue weighted by atomic mass is 16.5. The number of anilines is 1. The van der Waals surface area contributed by atoms with Crippen molar-refractivity contribution in [3.8, 4) is 0 Å². The number of nitrogens with zero attached hydrogens (tertiary/aromatic N) is 2. The standard InChI is InChI=1S/C11H15N3O3/c12-9-2-1-3-13-10(9)11(16)14-4-5-17-8(6-14)7-15/h1-3,8,15H,4-7,12H2. The van der Waals surface area contributed by atoms with Crippen molar-refractivity contribution in [2.75, 3.05) is 32.0 Å². The number of morpholine rings is 1. The Morgan fingerprint density at radius 1 is 1.71 bits per heavy atom. The Morgan fingerprint density at radius 2 is 2.53 bits per heavy atom. The molecule has 6 heteroatoms. The number of carbonyl (C=O) groups is 1. The summed E-state index contributed by atoms with van der Waals surface area (Å²) in [6.07, 6.45) is 1.21. The number of rotatable bonds is 2. The molecule has 2 heterocycles. The van der Waals surface area contributed by atoms with Crippen LogP contribution in [0.3, 0.4) is 0 Å². The minimum absolute atomic E-state index is 0.0958. The smallest absolute Gasteiger partial charge is 0.274 e. The minimum atomic E-state index is -0.322. The van der Waals surface area contributed by atoms with Gasteiger partial charge >= 0.3 is 0 Å². The van der Waals surface area contributed by atoms with E-state index in [1.54, 1.807) is 17.0 Å². The minimum Gasteiger partial charge on any atom is -0.397 e. The number of hydrogen-bond acceptors (Lipinski definition) is 5. The highest BCUT2D eigenvalue weighted by Gasteiger charge is 2.26. The summed E-state index contributed by atoms with van der Waals surface area (Å²) >= 11 is 0. The predicted octanol–water partition coefficient (Wildman–Crippen LogP) is -0.503. The molecule has 3 N–H and O–H groups in total. The van der Waals surface area contributed by atoms with Gasteiger partial charge in [-0.05, 0) is 12.1 Å². The summed E-state index contributed by atoms with van der Waals surface area (Å²) in [6.45, 7) is 1.18. The number of ether oxygens (including phenoxy) is 1. The van der Waals surface area contributed by atoms with Gasteiger partial charge in [0.1, 0.15) is 0 Å². The topological polar surface area (TPSA) is 88.7 Å². The van der Waals surface area contributed by atoms with E-state index < -0.39 is 0 Å². The van der Waals surface area contributed by atoms with Crippen LogP contribution in [0.15, 0.2) is 18.3 Å². The lowest BCUT2D eigenvalue weighted by Crippen LogP contribution is -2.47. The van der Waals surface area contributed by atoms with Crippen LogP contribution in [0.1, 0.15) is 10.5 Å². The maximum Gasteiger partial charge on any atom is 0.274 e. The average Bonchev–Trinajstić information content (AvgIpc) is 2.38. The Labute approximate surface area is 99.0 Å². The quantitative estimate of drug-likeness (QED) is 0.723. The van der Waals surface area contributed by atoms with Crippen LogP contribution < -0.4 is 5.73 Å². The summed E-state index contributed by atoms with van der Waals surface area (Å²) in [5.41, 5.74) is 6.33. The molecule has 1 aliphatic heterocycles. The van der Waals surface area contributed by atoms with E-state index in [9.17, 15) is 4.79 Å². The molecule has 0 saturated carbocycles. The lowest BCUT2D eigenvalue weighted by Gasteiger charge is -2.31. The number of nitrogens with two attached hydrogens (primary N) is 1. The van der Waals surface area contributed by atoms with Crippen LogP contribution in [0, 0.1) is 0 Å². The molecule has 0 aliphatic carbocycles. The van der Waals surface area contributed by atoms with Gasteiger partial charge in [0.25, 0.3) is 5.91 Å². The van der Waals surface area contributed by atoms with E-state index in [0.717, 1.165) is 0 Å². The molecule has 0 aromatic carbocycles. The Bertz CT molecular complexity index is 411. The van der Waals surface area contributed by atoms with Gasteiger partial charge in [-0.15, -0.1) is 0 Å². The zero-order valence-electron chi connectivity index (χ0n) is 9.37. The molecular weight excluding hydrogens is 222 g/mol. The van der Waals surface area contributed by atoms with E-state index in [1.807, 2.05) is 0 Å². The van der Waals surface area contributed by atoms with Crippen molar-refractivity contribution < 1.29 is 14.6 Å². The molecule has 1 amide bonds. The first-order chi connectivity index (χ1) is 8.22. The van der Waals surface area contributed by atoms with Crippen LogP contribution in [0.25, 0.3) is 0 Å². The second-order valence-corrected chi connectivity index (χ2v) is 3.87. The van der Waals surface area contributed by atoms with E-state index in [0.29, 0.717) is 25.4 Å². The highest BCUT2D eigenvalue weighted by molar-refractivity contribution is 5.97. The van der Waals surface area contributed by atoms with Crippen LogP contribution in [-0.2, 0) is 4.74 Å². The van der Waals surface area contributed by atoms with E-state index in [1.165, 1.54) is 6.20 Å². The largest absolute Gasteiger partial charge is 0.397 e. The third-order valence-corrected chi connectivity index (χ3v) is 2.67. The predicted molar refractivity (Wildman–Crippen MR) is 61.4 cm³/mol. The van der Waals surface area contributed by atoms with Crippen LogP contribution in [-0.4, -0.2) is 53.3 Å². The number of nitrogen functional groups attached to an aromatic ring is 1. The van der Waals surface area contributed by atoms with Crippen LogP contribution in [0.4, 0.5) is 5.69 Å². The van der Waals surface area contributed by atoms with Gasteiger partial charge in [0.15, 0.2) is 5.69 Å². The number of amides is 1. The maximum absolute atomic E-state index is 12.1. The Balaban J connectivity index is 2.12. The normalized spacial score (nSPS) is 20.3. The Hall–Kier alpha value is -1.66. The van der Waals surface area contributed by atoms with Crippen LogP contribution in [0.2, 0.25) is 0 Å². The monoisotopic (exact) mass is 237 g/mol. The van der Waals surface area contributed by atoms with Gasteiger partial charge in [0.05, 0.1) is 25.0 Å². The lowest BCUT2D eigenvalue weighted by atomic mass is 10.2. The number of aromatic nitrogens is 1. The summed E-state index contributed by atoms with van der Waals surface area (Å²) in [7, 11) is 0. The molecule has 1 aliphatic rings. The molecule has 1 fully saturated rings. The second-order valence-electron chi connectivity index (χ2n) is 3.87. The SMILES string of the molecule is Nc1cccnc1C(=O)N1CCOC(CO)C1. The summed E-state index contributed by atoms with van der Waals surface area (Å²) in [5.74, 6) is -0.218. The summed E-state index contributed by atoms with van der Waals surface area (Å²) in [4.78, 5) is 17.7. The molecule has 6 nitrogen and oxygen atoms in total. The van der Waals surface area contributed by atoms with Crippen molar-refractivity contribution in [2.24, 2.45) is 0 Å². The average molecular weight is 237 g/mol. The molecule has 17 heavy (non-hydrogen) atoms. The van der Waals surface area contributed by atoms with Gasteiger partial charge in [-0.3, -0.25) is 4.79 Å². The van der Waals surface area contributed by atoms with E-state index in [4.69, 9.17) is 15.6 Å². The van der Waals surface area contributed by atoms with Gasteiger partial charge in [-0.2, -0.15) is 0 Å². The molecule has 92 valence electrons. The van der Waals surface area contributed by atoms with Crippen LogP contribution >= 0.6 is 0 Å². The first kappa shape index (κ1) is 11.8. The maximum atomic E-state index is 12.1. The van der Waals surface area contributed by atoms with Gasteiger partial charge in [-0.1, -0.05) is 0 Å². The molecule has 2 rings (SSSR count). The summed E-state index contributed by atoms with van der Waals surface area (Å²) < 4.78 is 5.28. The fourth-order valence-electron chi connectivity index (χ4n) is 1.76. The Morgan fingerprint density at radius 3 is 3.24 bits per heavy atom. The van der Waals surface area contributed by atoms with Gasteiger partial charge in [0, 0.05) is 19.3 Å². The zero-order chi connectivity index (χ0) is 12.3. The molecule has 0 radical (unpaired) electrons. The summed E-state index contributed by atoms with van der Waals surface area (Å²) in [6, 6.07) is 3.33. The molecule has 1 aromatic rings. The molecule has 1 atom stereocenters. The zero-order valence-corrected chi connectivity index (χ0v) is 9.37. The van der Waals surface area contributed by atoms with Gasteiger partial charge in [-0.25, -0.2) is 4.98 Å². The third kappa shape index (κ3) is 2.54. The number of aliphatic hydroxyl groups is 1. The second kappa shape index (κ2) is 5.11. The van der Waals surface area contributed by atoms with E-state index in [-0.39, 0.29) is 24.3 Å². The van der Waals surface area contributed by atoms with Crippen LogP contribution in [0.5, 0.6) is 0 Å². The molecule has 1 aromatic heterocycles. The van der Waals surface area contributed by atoms with Crippen molar-refractivity contribution in [1.29, 1.82) is 0 Å². The molecular formula is C11H15N3O3. The van der Waals surface area contributed by atoms with Gasteiger partial charge < -0.3 is 20.5 Å². The molecule has 0 bridgehead atoms. The number of pyridine rings is 1. The van der Waals surface area contributed by atoms with Crippen molar-refractivity contribution >= 4 is 11.6 Å². The molecule has 1 saturated heterocycles. The third-order valence-electron chi connectivity index (χ3n) is 2.67. The first-order valence-electron chi connectivity index (χ1n) is 5.44. The number of aliphatic hydroxyl groups excluding tert-OH is 1. The number of carbonyl (C=O) groups excluding carboxylic acids is 1. The van der Waals surface area contributed by atoms with Crippen molar-refractivity contribution in [3.63, 3.8) is 0 Å². The fraction of sp³-hybridized carbons (Fsp3) is 0.455. The van der Waals surface area contributed by atoms with Crippen molar-refractivity contribution in [1.82, 2.24) is 9.88 Å². The number of hydrogen-bond donors (Lipinski definition) is 2. The molecule has 1 unspecified atom stereocenters. The summed E-state index contributed by atoms with van der Waals surface area (Å²) in [5, 5.41) is 9.01. The first-order valence-corrected chi connectivity index (χ1v) is 5.44.